The minimum absolute atomic E-state index is 0.833. The van der Waals surface area contributed by atoms with Crippen LogP contribution in [0.4, 0.5) is 8.78 Å². The molecule has 0 rings (SSSR count). The fourth-order valence-electron chi connectivity index (χ4n) is 0.260. The third-order valence-electron chi connectivity index (χ3n) is 0.821. The molecular formula is C4H6F2O5S. The summed E-state index contributed by atoms with van der Waals surface area (Å²) in [4.78, 5) is 9.99. The maximum absolute atomic E-state index is 12.2. The Bertz CT molecular complexity index is 269. The topological polar surface area (TPSA) is 80.7 Å². The van der Waals surface area contributed by atoms with Crippen LogP contribution in [0.25, 0.3) is 0 Å². The van der Waals surface area contributed by atoms with Crippen molar-refractivity contribution in [1.29, 1.82) is 0 Å². The monoisotopic (exact) mass is 204 g/mol. The van der Waals surface area contributed by atoms with Gasteiger partial charge in [-0.15, -0.1) is 0 Å². The Morgan fingerprint density at radius 1 is 1.58 bits per heavy atom. The van der Waals surface area contributed by atoms with Crippen molar-refractivity contribution in [3.05, 3.63) is 0 Å². The third-order valence-corrected chi connectivity index (χ3v) is 1.69. The van der Waals surface area contributed by atoms with Crippen molar-refractivity contribution in [2.24, 2.45) is 0 Å². The Morgan fingerprint density at radius 3 is 2.25 bits per heavy atom. The second kappa shape index (κ2) is 3.31. The van der Waals surface area contributed by atoms with Crippen molar-refractivity contribution in [2.75, 3.05) is 6.61 Å². The van der Waals surface area contributed by atoms with Gasteiger partial charge in [0, 0.05) is 6.92 Å². The normalized spacial score (nSPS) is 12.7. The molecule has 0 bridgehead atoms. The first-order valence-electron chi connectivity index (χ1n) is 2.65. The number of carbonyl (C=O) groups is 1. The number of carbonyl (C=O) groups excluding carboxylic acids is 1. The number of hydrogen-bond donors (Lipinski definition) is 1. The molecule has 12 heavy (non-hydrogen) atoms. The minimum atomic E-state index is -5.51. The lowest BCUT2D eigenvalue weighted by molar-refractivity contribution is -0.146. The highest BCUT2D eigenvalue weighted by Gasteiger charge is 2.45. The maximum atomic E-state index is 12.2. The fourth-order valence-corrected chi connectivity index (χ4v) is 0.468. The molecule has 0 radical (unpaired) electrons. The van der Waals surface area contributed by atoms with Crippen LogP contribution in [0.2, 0.25) is 0 Å². The van der Waals surface area contributed by atoms with Crippen LogP contribution in [-0.2, 0) is 19.6 Å². The van der Waals surface area contributed by atoms with Crippen molar-refractivity contribution >= 4 is 16.1 Å². The predicted octanol–water partition coefficient (Wildman–Crippen LogP) is 0.0301. The summed E-state index contributed by atoms with van der Waals surface area (Å²) in [5.41, 5.74) is 0. The van der Waals surface area contributed by atoms with Crippen LogP contribution < -0.4 is 0 Å². The number of halogens is 2. The molecule has 5 nitrogen and oxygen atoms in total. The summed E-state index contributed by atoms with van der Waals surface area (Å²) >= 11 is 0. The quantitative estimate of drug-likeness (QED) is 0.518. The summed E-state index contributed by atoms with van der Waals surface area (Å²) in [6.45, 7) is -0.846. The molecule has 0 aliphatic rings. The largest absolute Gasteiger partial charge is 0.458 e. The van der Waals surface area contributed by atoms with E-state index < -0.39 is 27.9 Å². The average Bonchev–Trinajstić information content (AvgIpc) is 1.81. The van der Waals surface area contributed by atoms with E-state index in [9.17, 15) is 22.0 Å². The lowest BCUT2D eigenvalue weighted by atomic mass is 10.7. The van der Waals surface area contributed by atoms with Crippen LogP contribution in [0.3, 0.4) is 0 Å². The molecule has 0 aromatic rings. The summed E-state index contributed by atoms with van der Waals surface area (Å²) < 4.78 is 55.7. The zero-order valence-corrected chi connectivity index (χ0v) is 6.77. The second-order valence-corrected chi connectivity index (χ2v) is 3.44. The Kier molecular flexibility index (Phi) is 3.10. The molecule has 72 valence electrons. The van der Waals surface area contributed by atoms with E-state index in [2.05, 4.69) is 4.74 Å². The van der Waals surface area contributed by atoms with Crippen molar-refractivity contribution in [3.63, 3.8) is 0 Å². The first-order chi connectivity index (χ1) is 5.17. The van der Waals surface area contributed by atoms with E-state index in [1.54, 1.807) is 0 Å². The zero-order valence-electron chi connectivity index (χ0n) is 5.95. The highest BCUT2D eigenvalue weighted by atomic mass is 32.2. The Balaban J connectivity index is 4.35. The van der Waals surface area contributed by atoms with Gasteiger partial charge >= 0.3 is 21.3 Å². The lowest BCUT2D eigenvalue weighted by Crippen LogP contribution is -2.34. The van der Waals surface area contributed by atoms with Gasteiger partial charge < -0.3 is 4.74 Å². The molecule has 0 spiro atoms. The standard InChI is InChI=1S/C4H6F2O5S/c1-3(7)11-2-4(5,6)12(8,9)10/h2H2,1H3,(H,8,9,10). The van der Waals surface area contributed by atoms with Crippen molar-refractivity contribution in [1.82, 2.24) is 0 Å². The predicted molar refractivity (Wildman–Crippen MR) is 33.1 cm³/mol. The number of ether oxygens (including phenoxy) is 1. The van der Waals surface area contributed by atoms with Gasteiger partial charge in [-0.3, -0.25) is 9.35 Å². The Labute approximate surface area is 67.1 Å². The maximum Gasteiger partial charge on any atom is 0.402 e. The van der Waals surface area contributed by atoms with Crippen molar-refractivity contribution < 1.29 is 31.3 Å². The van der Waals surface area contributed by atoms with Crippen LogP contribution in [-0.4, -0.2) is 30.8 Å². The number of esters is 1. The molecule has 1 N–H and O–H groups in total. The van der Waals surface area contributed by atoms with E-state index in [1.807, 2.05) is 0 Å². The van der Waals surface area contributed by atoms with E-state index in [4.69, 9.17) is 4.55 Å². The number of alkyl halides is 2. The van der Waals surface area contributed by atoms with Gasteiger partial charge in [0.25, 0.3) is 0 Å². The molecule has 0 saturated heterocycles. The van der Waals surface area contributed by atoms with Crippen LogP contribution in [0, 0.1) is 0 Å². The molecule has 8 heteroatoms. The molecule has 0 aliphatic heterocycles. The number of rotatable bonds is 3. The molecule has 0 heterocycles. The Hall–Kier alpha value is -0.760. The smallest absolute Gasteiger partial charge is 0.402 e. The molecule has 0 aromatic heterocycles. The molecule has 0 fully saturated rings. The molecule has 0 unspecified atom stereocenters. The van der Waals surface area contributed by atoms with Crippen LogP contribution in [0.1, 0.15) is 6.92 Å². The van der Waals surface area contributed by atoms with Gasteiger partial charge in [0.2, 0.25) is 0 Å². The summed E-state index contributed by atoms with van der Waals surface area (Å²) in [5.74, 6) is -1.06. The van der Waals surface area contributed by atoms with E-state index in [0.29, 0.717) is 0 Å². The SMILES string of the molecule is CC(=O)OCC(F)(F)S(=O)(=O)O. The molecule has 0 amide bonds. The zero-order chi connectivity index (χ0) is 9.99. The van der Waals surface area contributed by atoms with E-state index in [0.717, 1.165) is 6.92 Å². The minimum Gasteiger partial charge on any atom is -0.458 e. The number of hydrogen-bond acceptors (Lipinski definition) is 4. The highest BCUT2D eigenvalue weighted by Crippen LogP contribution is 2.20. The van der Waals surface area contributed by atoms with Gasteiger partial charge in [-0.2, -0.15) is 17.2 Å². The molecule has 0 atom stereocenters. The summed E-state index contributed by atoms with van der Waals surface area (Å²) in [6, 6.07) is 0. The third kappa shape index (κ3) is 3.09. The Morgan fingerprint density at radius 2 is 2.00 bits per heavy atom. The lowest BCUT2D eigenvalue weighted by Gasteiger charge is -2.11. The van der Waals surface area contributed by atoms with Gasteiger partial charge in [0.1, 0.15) is 0 Å². The highest BCUT2D eigenvalue weighted by molar-refractivity contribution is 7.86. The molecule has 0 aromatic carbocycles. The van der Waals surface area contributed by atoms with Crippen LogP contribution in [0.5, 0.6) is 0 Å². The average molecular weight is 204 g/mol. The molecule has 0 saturated carbocycles. The van der Waals surface area contributed by atoms with Gasteiger partial charge in [-0.05, 0) is 0 Å². The summed E-state index contributed by atoms with van der Waals surface area (Å²) in [5, 5.41) is -4.45. The molecular weight excluding hydrogens is 198 g/mol. The van der Waals surface area contributed by atoms with Gasteiger partial charge in [0.05, 0.1) is 0 Å². The summed E-state index contributed by atoms with van der Waals surface area (Å²) in [6.07, 6.45) is 0. The van der Waals surface area contributed by atoms with Gasteiger partial charge in [0.15, 0.2) is 6.61 Å². The second-order valence-electron chi connectivity index (χ2n) is 1.89. The van der Waals surface area contributed by atoms with Crippen molar-refractivity contribution in [2.45, 2.75) is 12.2 Å². The van der Waals surface area contributed by atoms with Crippen molar-refractivity contribution in [3.8, 4) is 0 Å². The summed E-state index contributed by atoms with van der Waals surface area (Å²) in [7, 11) is -5.51. The van der Waals surface area contributed by atoms with E-state index >= 15 is 0 Å². The van der Waals surface area contributed by atoms with Gasteiger partial charge in [-0.1, -0.05) is 0 Å². The first kappa shape index (κ1) is 11.2. The van der Waals surface area contributed by atoms with E-state index in [-0.39, 0.29) is 0 Å². The fraction of sp³-hybridized carbons (Fsp3) is 0.750. The van der Waals surface area contributed by atoms with Gasteiger partial charge in [-0.25, -0.2) is 0 Å². The van der Waals surface area contributed by atoms with Crippen LogP contribution in [0.15, 0.2) is 0 Å². The van der Waals surface area contributed by atoms with Crippen LogP contribution >= 0.6 is 0 Å². The van der Waals surface area contributed by atoms with E-state index in [1.165, 1.54) is 0 Å². The first-order valence-corrected chi connectivity index (χ1v) is 4.09. The molecule has 0 aliphatic carbocycles.